The van der Waals surface area contributed by atoms with Gasteiger partial charge in [-0.05, 0) is 22.9 Å². The van der Waals surface area contributed by atoms with Crippen molar-refractivity contribution in [1.29, 1.82) is 0 Å². The minimum Gasteiger partial charge on any atom is -0.507 e. The molecule has 0 saturated carbocycles. The summed E-state index contributed by atoms with van der Waals surface area (Å²) < 4.78 is 0. The smallest absolute Gasteiger partial charge is 0.196 e. The highest BCUT2D eigenvalue weighted by Gasteiger charge is 2.24. The van der Waals surface area contributed by atoms with Crippen molar-refractivity contribution in [2.24, 2.45) is 0 Å². The zero-order valence-corrected chi connectivity index (χ0v) is 20.4. The number of phenolic OH excluding ortho intramolecular Hbond substituents is 1. The van der Waals surface area contributed by atoms with Crippen LogP contribution in [0.1, 0.15) is 0 Å². The van der Waals surface area contributed by atoms with Gasteiger partial charge >= 0.3 is 0 Å². The molecule has 1 aromatic heterocycles. The Kier molecular flexibility index (Phi) is 3.92. The normalized spacial score (nSPS) is 12.4. The summed E-state index contributed by atoms with van der Waals surface area (Å²) in [5, 5.41) is 19.0. The molecular weight excluding hydrogens is 505 g/mol. The molecule has 0 spiro atoms. The summed E-state index contributed by atoms with van der Waals surface area (Å²) in [6.07, 6.45) is 0. The van der Waals surface area contributed by atoms with Crippen molar-refractivity contribution in [3.8, 4) is 5.75 Å². The second-order valence-electron chi connectivity index (χ2n) is 9.36. The zero-order chi connectivity index (χ0) is 25.2. The molecule has 0 aliphatic heterocycles. The average Bonchev–Trinajstić information content (AvgIpc) is 2.93. The monoisotopic (exact) mass is 517 g/mol. The number of hydrogen-bond acceptors (Lipinski definition) is 4. The van der Waals surface area contributed by atoms with E-state index in [0.29, 0.717) is 43.0 Å². The Morgan fingerprint density at radius 1 is 0.486 bits per heavy atom. The minimum absolute atomic E-state index is 0.160. The molecule has 0 saturated heterocycles. The molecule has 0 radical (unpaired) electrons. The van der Waals surface area contributed by atoms with Gasteiger partial charge in [-0.3, -0.25) is 9.59 Å². The van der Waals surface area contributed by atoms with E-state index in [9.17, 15) is 14.7 Å². The number of halogens is 2. The molecule has 8 aromatic rings. The molecule has 4 nitrogen and oxygen atoms in total. The highest BCUT2D eigenvalue weighted by atomic mass is 35.5. The number of pyridine rings is 1. The Hall–Kier alpha value is -4.25. The van der Waals surface area contributed by atoms with Crippen molar-refractivity contribution < 1.29 is 5.11 Å². The van der Waals surface area contributed by atoms with Gasteiger partial charge in [-0.2, -0.15) is 0 Å². The molecule has 0 aliphatic rings. The van der Waals surface area contributed by atoms with Crippen molar-refractivity contribution in [3.05, 3.63) is 103 Å². The number of rotatable bonds is 0. The number of benzene rings is 7. The fourth-order valence-corrected chi connectivity index (χ4v) is 6.51. The summed E-state index contributed by atoms with van der Waals surface area (Å²) >= 11 is 13.8. The summed E-state index contributed by atoms with van der Waals surface area (Å²) in [6, 6.07) is 21.7. The van der Waals surface area contributed by atoms with E-state index in [-0.39, 0.29) is 27.0 Å². The number of aromatic nitrogens is 1. The lowest BCUT2D eigenvalue weighted by Gasteiger charge is -2.18. The minimum atomic E-state index is -0.248. The summed E-state index contributed by atoms with van der Waals surface area (Å²) in [6.45, 7) is 0. The first kappa shape index (κ1) is 20.9. The second kappa shape index (κ2) is 6.94. The van der Waals surface area contributed by atoms with Gasteiger partial charge in [0, 0.05) is 48.5 Å². The van der Waals surface area contributed by atoms with E-state index in [0.717, 1.165) is 32.3 Å². The van der Waals surface area contributed by atoms with Gasteiger partial charge < -0.3 is 5.11 Å². The van der Waals surface area contributed by atoms with Crippen LogP contribution in [0, 0.1) is 0 Å². The third-order valence-electron chi connectivity index (χ3n) is 7.60. The molecule has 0 fully saturated rings. The predicted molar refractivity (Wildman–Crippen MR) is 153 cm³/mol. The van der Waals surface area contributed by atoms with Crippen molar-refractivity contribution in [3.63, 3.8) is 0 Å². The quantitative estimate of drug-likeness (QED) is 0.165. The molecular formula is C31H13Cl2NO3. The van der Waals surface area contributed by atoms with Gasteiger partial charge in [0.15, 0.2) is 10.9 Å². The van der Waals surface area contributed by atoms with Gasteiger partial charge in [0.1, 0.15) is 5.75 Å². The topological polar surface area (TPSA) is 67.3 Å². The average molecular weight is 518 g/mol. The third kappa shape index (κ3) is 2.42. The van der Waals surface area contributed by atoms with E-state index < -0.39 is 0 Å². The Morgan fingerprint density at radius 3 is 1.81 bits per heavy atom. The molecule has 0 atom stereocenters. The molecule has 1 heterocycles. The zero-order valence-electron chi connectivity index (χ0n) is 18.9. The molecule has 6 heteroatoms. The number of fused-ring (bicyclic) bond motifs is 7. The third-order valence-corrected chi connectivity index (χ3v) is 8.44. The van der Waals surface area contributed by atoms with Crippen molar-refractivity contribution in [2.45, 2.75) is 0 Å². The largest absolute Gasteiger partial charge is 0.507 e. The molecule has 0 amide bonds. The first-order chi connectivity index (χ1) is 18.0. The molecule has 174 valence electrons. The maximum atomic E-state index is 13.7. The van der Waals surface area contributed by atoms with Crippen LogP contribution in [0.15, 0.2) is 82.4 Å². The standard InChI is InChI=1S/C31H13Cl2NO3/c32-25-22-13-5-1-2-6-16(13)29(35)19-11-9-14-15-10-12-20-24(27(15)34-28(26(25)33)23(14)21(19)22)31(37)18-8-4-3-7-17(18)30(20)36/h1-12,35H. The highest BCUT2D eigenvalue weighted by Crippen LogP contribution is 2.50. The van der Waals surface area contributed by atoms with E-state index in [1.165, 1.54) is 0 Å². The van der Waals surface area contributed by atoms with Crippen LogP contribution in [0.3, 0.4) is 0 Å². The lowest BCUT2D eigenvalue weighted by molar-refractivity contribution is 0.488. The van der Waals surface area contributed by atoms with Crippen LogP contribution in [0.25, 0.3) is 75.7 Å². The van der Waals surface area contributed by atoms with Crippen LogP contribution in [0.2, 0.25) is 10.0 Å². The maximum Gasteiger partial charge on any atom is 0.196 e. The molecule has 37 heavy (non-hydrogen) atoms. The molecule has 7 aromatic carbocycles. The van der Waals surface area contributed by atoms with Gasteiger partial charge in [-0.25, -0.2) is 4.98 Å². The van der Waals surface area contributed by atoms with E-state index in [4.69, 9.17) is 28.2 Å². The van der Waals surface area contributed by atoms with E-state index in [1.807, 2.05) is 42.5 Å². The Bertz CT molecular complexity index is 2440. The van der Waals surface area contributed by atoms with Crippen molar-refractivity contribution in [1.82, 2.24) is 4.98 Å². The van der Waals surface area contributed by atoms with E-state index in [1.54, 1.807) is 30.3 Å². The van der Waals surface area contributed by atoms with E-state index >= 15 is 0 Å². The van der Waals surface area contributed by atoms with Crippen LogP contribution in [-0.4, -0.2) is 10.1 Å². The second-order valence-corrected chi connectivity index (χ2v) is 10.1. The molecule has 0 aliphatic carbocycles. The van der Waals surface area contributed by atoms with Crippen LogP contribution < -0.4 is 10.9 Å². The van der Waals surface area contributed by atoms with Gasteiger partial charge in [0.05, 0.1) is 26.5 Å². The highest BCUT2D eigenvalue weighted by molar-refractivity contribution is 6.53. The molecule has 1 N–H and O–H groups in total. The summed E-state index contributed by atoms with van der Waals surface area (Å²) in [5.74, 6) is 0.160. The molecule has 8 rings (SSSR count). The number of phenols is 1. The van der Waals surface area contributed by atoms with Crippen LogP contribution in [-0.2, 0) is 0 Å². The number of hydrogen-bond donors (Lipinski definition) is 1. The first-order valence-corrected chi connectivity index (χ1v) is 12.4. The van der Waals surface area contributed by atoms with Gasteiger partial charge in [-0.1, -0.05) is 83.9 Å². The number of aromatic hydroxyl groups is 1. The Labute approximate surface area is 217 Å². The molecule has 0 bridgehead atoms. The van der Waals surface area contributed by atoms with Crippen molar-refractivity contribution in [2.75, 3.05) is 0 Å². The van der Waals surface area contributed by atoms with E-state index in [2.05, 4.69) is 0 Å². The SMILES string of the molecule is O=c1c2ccccc2c(=O)c2c1ccc1c3ccc4c(O)c5ccccc5c5c(Cl)c(Cl)c(nc12)c3c45. The lowest BCUT2D eigenvalue weighted by atomic mass is 9.89. The fourth-order valence-electron chi connectivity index (χ4n) is 5.99. The summed E-state index contributed by atoms with van der Waals surface area (Å²) in [4.78, 5) is 31.9. The predicted octanol–water partition coefficient (Wildman–Crippen LogP) is 7.76. The summed E-state index contributed by atoms with van der Waals surface area (Å²) in [7, 11) is 0. The fraction of sp³-hybridized carbons (Fsp3) is 0. The van der Waals surface area contributed by atoms with Gasteiger partial charge in [0.25, 0.3) is 0 Å². The van der Waals surface area contributed by atoms with Crippen molar-refractivity contribution >= 4 is 98.9 Å². The Morgan fingerprint density at radius 2 is 1.05 bits per heavy atom. The number of nitrogens with zero attached hydrogens (tertiary/aromatic N) is 1. The van der Waals surface area contributed by atoms with Gasteiger partial charge in [-0.15, -0.1) is 0 Å². The van der Waals surface area contributed by atoms with Gasteiger partial charge in [0.2, 0.25) is 0 Å². The summed E-state index contributed by atoms with van der Waals surface area (Å²) in [5.41, 5.74) is 0.374. The van der Waals surface area contributed by atoms with Crippen LogP contribution >= 0.6 is 23.2 Å². The lowest BCUT2D eigenvalue weighted by Crippen LogP contribution is -2.13. The Balaban J connectivity index is 1.71. The molecule has 0 unspecified atom stereocenters. The first-order valence-electron chi connectivity index (χ1n) is 11.7. The maximum absolute atomic E-state index is 13.7. The van der Waals surface area contributed by atoms with Crippen LogP contribution in [0.4, 0.5) is 0 Å². The van der Waals surface area contributed by atoms with Crippen LogP contribution in [0.5, 0.6) is 5.75 Å².